The van der Waals surface area contributed by atoms with Crippen LogP contribution in [0.2, 0.25) is 0 Å². The molecule has 2 aromatic carbocycles. The van der Waals surface area contributed by atoms with E-state index in [1.54, 1.807) is 0 Å². The monoisotopic (exact) mass is 278 g/mol. The number of aliphatic hydroxyl groups is 1. The Morgan fingerprint density at radius 1 is 1.05 bits per heavy atom. The van der Waals surface area contributed by atoms with Crippen LogP contribution in [-0.2, 0) is 26.3 Å². The van der Waals surface area contributed by atoms with Crippen LogP contribution < -0.4 is 0 Å². The summed E-state index contributed by atoms with van der Waals surface area (Å²) in [6, 6.07) is 16.5. The molecule has 1 heterocycles. The van der Waals surface area contributed by atoms with Gasteiger partial charge >= 0.3 is 0 Å². The third kappa shape index (κ3) is 2.05. The molecule has 0 aliphatic heterocycles. The summed E-state index contributed by atoms with van der Waals surface area (Å²) in [5.74, 6) is 0. The van der Waals surface area contributed by atoms with E-state index in [9.17, 15) is 5.11 Å². The Bertz CT molecular complexity index is 794. The lowest BCUT2D eigenvalue weighted by Crippen LogP contribution is -2.32. The van der Waals surface area contributed by atoms with Crippen LogP contribution in [0.4, 0.5) is 0 Å². The Hall–Kier alpha value is -2.13. The fraction of sp³-hybridized carbons (Fsp3) is 0.278. The van der Waals surface area contributed by atoms with Crippen molar-refractivity contribution in [2.24, 2.45) is 7.05 Å². The highest BCUT2D eigenvalue weighted by molar-refractivity contribution is 5.82. The van der Waals surface area contributed by atoms with Crippen LogP contribution in [0, 0.1) is 0 Å². The number of nitrogens with zero attached hydrogens (tertiary/aromatic N) is 2. The molecule has 1 aromatic heterocycles. The molecule has 3 heteroatoms. The van der Waals surface area contributed by atoms with Crippen LogP contribution in [0.1, 0.15) is 16.8 Å². The summed E-state index contributed by atoms with van der Waals surface area (Å²) in [7, 11) is 1.96. The van der Waals surface area contributed by atoms with Gasteiger partial charge in [0.2, 0.25) is 0 Å². The lowest BCUT2D eigenvalue weighted by molar-refractivity contribution is 0.0510. The van der Waals surface area contributed by atoms with Crippen LogP contribution in [0.3, 0.4) is 0 Å². The van der Waals surface area contributed by atoms with Crippen LogP contribution in [0.5, 0.6) is 0 Å². The molecule has 0 fully saturated rings. The second-order valence-electron chi connectivity index (χ2n) is 6.11. The fourth-order valence-corrected chi connectivity index (χ4v) is 3.53. The van der Waals surface area contributed by atoms with Crippen molar-refractivity contribution in [2.45, 2.75) is 24.9 Å². The summed E-state index contributed by atoms with van der Waals surface area (Å²) < 4.78 is 1.90. The Labute approximate surface area is 123 Å². The van der Waals surface area contributed by atoms with Crippen molar-refractivity contribution in [2.75, 3.05) is 0 Å². The summed E-state index contributed by atoms with van der Waals surface area (Å²) in [6.07, 6.45) is 2.03. The van der Waals surface area contributed by atoms with E-state index in [0.717, 1.165) is 16.6 Å². The zero-order valence-corrected chi connectivity index (χ0v) is 12.1. The van der Waals surface area contributed by atoms with Gasteiger partial charge in [0, 0.05) is 31.7 Å². The first-order chi connectivity index (χ1) is 10.1. The smallest absolute Gasteiger partial charge is 0.0784 e. The average Bonchev–Trinajstić information content (AvgIpc) is 2.97. The molecule has 4 rings (SSSR count). The molecule has 0 bridgehead atoms. The molecule has 0 unspecified atom stereocenters. The lowest BCUT2D eigenvalue weighted by atomic mass is 9.93. The Morgan fingerprint density at radius 3 is 2.38 bits per heavy atom. The maximum Gasteiger partial charge on any atom is 0.0784 e. The molecule has 0 saturated carbocycles. The molecule has 0 radical (unpaired) electrons. The minimum absolute atomic E-state index is 0.600. The summed E-state index contributed by atoms with van der Waals surface area (Å²) in [5, 5.41) is 16.7. The lowest BCUT2D eigenvalue weighted by Gasteiger charge is -2.21. The van der Waals surface area contributed by atoms with Crippen molar-refractivity contribution in [3.05, 3.63) is 65.4 Å². The standard InChI is InChI=1S/C18H18N2O/c1-20-17-9-5-4-8-15(17)16(19-20)12-18(21)10-13-6-2-3-7-14(13)11-18/h2-9,21H,10-12H2,1H3. The molecule has 0 atom stereocenters. The molecule has 3 aromatic rings. The van der Waals surface area contributed by atoms with E-state index in [1.807, 2.05) is 36.0 Å². The van der Waals surface area contributed by atoms with Crippen LogP contribution in [0.25, 0.3) is 10.9 Å². The first-order valence-electron chi connectivity index (χ1n) is 7.34. The van der Waals surface area contributed by atoms with Gasteiger partial charge in [0.05, 0.1) is 16.8 Å². The van der Waals surface area contributed by atoms with E-state index in [1.165, 1.54) is 11.1 Å². The number of hydrogen-bond donors (Lipinski definition) is 1. The van der Waals surface area contributed by atoms with Crippen LogP contribution in [0.15, 0.2) is 48.5 Å². The van der Waals surface area contributed by atoms with Gasteiger partial charge in [-0.2, -0.15) is 5.10 Å². The zero-order chi connectivity index (χ0) is 14.4. The van der Waals surface area contributed by atoms with E-state index in [0.29, 0.717) is 19.3 Å². The van der Waals surface area contributed by atoms with Gasteiger partial charge in [-0.05, 0) is 17.2 Å². The van der Waals surface area contributed by atoms with E-state index in [2.05, 4.69) is 29.4 Å². The van der Waals surface area contributed by atoms with Crippen molar-refractivity contribution in [1.29, 1.82) is 0 Å². The number of aromatic nitrogens is 2. The van der Waals surface area contributed by atoms with Gasteiger partial charge in [0.1, 0.15) is 0 Å². The van der Waals surface area contributed by atoms with E-state index < -0.39 is 5.60 Å². The first kappa shape index (κ1) is 12.6. The first-order valence-corrected chi connectivity index (χ1v) is 7.34. The molecule has 1 aliphatic rings. The topological polar surface area (TPSA) is 38.0 Å². The second-order valence-corrected chi connectivity index (χ2v) is 6.11. The Kier molecular flexibility index (Phi) is 2.66. The van der Waals surface area contributed by atoms with Gasteiger partial charge in [-0.3, -0.25) is 4.68 Å². The highest BCUT2D eigenvalue weighted by Gasteiger charge is 2.36. The minimum atomic E-state index is -0.708. The maximum absolute atomic E-state index is 11.0. The summed E-state index contributed by atoms with van der Waals surface area (Å²) in [5.41, 5.74) is 3.93. The van der Waals surface area contributed by atoms with Crippen molar-refractivity contribution >= 4 is 10.9 Å². The molecule has 106 valence electrons. The van der Waals surface area contributed by atoms with E-state index >= 15 is 0 Å². The van der Waals surface area contributed by atoms with Gasteiger partial charge in [-0.1, -0.05) is 42.5 Å². The van der Waals surface area contributed by atoms with Gasteiger partial charge in [0.25, 0.3) is 0 Å². The quantitative estimate of drug-likeness (QED) is 0.782. The Balaban J connectivity index is 1.70. The molecule has 21 heavy (non-hydrogen) atoms. The third-order valence-corrected chi connectivity index (χ3v) is 4.49. The molecular weight excluding hydrogens is 260 g/mol. The van der Waals surface area contributed by atoms with Crippen molar-refractivity contribution in [3.8, 4) is 0 Å². The highest BCUT2D eigenvalue weighted by Crippen LogP contribution is 2.33. The molecule has 3 nitrogen and oxygen atoms in total. The molecule has 1 N–H and O–H groups in total. The highest BCUT2D eigenvalue weighted by atomic mass is 16.3. The predicted molar refractivity (Wildman–Crippen MR) is 83.2 cm³/mol. The molecule has 1 aliphatic carbocycles. The predicted octanol–water partition coefficient (Wildman–Crippen LogP) is 2.65. The number of para-hydroxylation sites is 1. The molecule has 0 saturated heterocycles. The van der Waals surface area contributed by atoms with E-state index in [-0.39, 0.29) is 0 Å². The Morgan fingerprint density at radius 2 is 1.67 bits per heavy atom. The van der Waals surface area contributed by atoms with Gasteiger partial charge < -0.3 is 5.11 Å². The minimum Gasteiger partial charge on any atom is -0.389 e. The van der Waals surface area contributed by atoms with Gasteiger partial charge in [-0.15, -0.1) is 0 Å². The summed E-state index contributed by atoms with van der Waals surface area (Å²) in [6.45, 7) is 0. The van der Waals surface area contributed by atoms with Gasteiger partial charge in [0.15, 0.2) is 0 Å². The third-order valence-electron chi connectivity index (χ3n) is 4.49. The summed E-state index contributed by atoms with van der Waals surface area (Å²) in [4.78, 5) is 0. The maximum atomic E-state index is 11.0. The molecule has 0 spiro atoms. The number of aryl methyl sites for hydroxylation is 1. The van der Waals surface area contributed by atoms with Crippen LogP contribution >= 0.6 is 0 Å². The van der Waals surface area contributed by atoms with Crippen molar-refractivity contribution < 1.29 is 5.11 Å². The zero-order valence-electron chi connectivity index (χ0n) is 12.1. The average molecular weight is 278 g/mol. The molecular formula is C18H18N2O. The molecule has 0 amide bonds. The number of rotatable bonds is 2. The van der Waals surface area contributed by atoms with Gasteiger partial charge in [-0.25, -0.2) is 0 Å². The summed E-state index contributed by atoms with van der Waals surface area (Å²) >= 11 is 0. The second kappa shape index (κ2) is 4.43. The number of benzene rings is 2. The largest absolute Gasteiger partial charge is 0.389 e. The van der Waals surface area contributed by atoms with Crippen molar-refractivity contribution in [1.82, 2.24) is 9.78 Å². The number of fused-ring (bicyclic) bond motifs is 2. The SMILES string of the molecule is Cn1nc(CC2(O)Cc3ccccc3C2)c2ccccc21. The van der Waals surface area contributed by atoms with E-state index in [4.69, 9.17) is 0 Å². The van der Waals surface area contributed by atoms with Crippen LogP contribution in [-0.4, -0.2) is 20.5 Å². The van der Waals surface area contributed by atoms with Crippen molar-refractivity contribution in [3.63, 3.8) is 0 Å². The normalized spacial score (nSPS) is 16.3. The number of hydrogen-bond acceptors (Lipinski definition) is 2. The fourth-order valence-electron chi connectivity index (χ4n) is 3.53.